The van der Waals surface area contributed by atoms with Crippen LogP contribution in [-0.2, 0) is 4.84 Å². The lowest BCUT2D eigenvalue weighted by Crippen LogP contribution is -2.32. The quantitative estimate of drug-likeness (QED) is 0.910. The van der Waals surface area contributed by atoms with Gasteiger partial charge in [-0.25, -0.2) is 0 Å². The summed E-state index contributed by atoms with van der Waals surface area (Å²) in [6.45, 7) is 0.431. The van der Waals surface area contributed by atoms with Crippen molar-refractivity contribution < 1.29 is 9.63 Å². The molecule has 112 valence electrons. The fourth-order valence-corrected chi connectivity index (χ4v) is 2.75. The van der Waals surface area contributed by atoms with Crippen molar-refractivity contribution in [1.82, 2.24) is 5.32 Å². The maximum absolute atomic E-state index is 12.1. The highest BCUT2D eigenvalue weighted by molar-refractivity contribution is 9.10. The van der Waals surface area contributed by atoms with Crippen LogP contribution in [0.2, 0.25) is 0 Å². The van der Waals surface area contributed by atoms with Gasteiger partial charge >= 0.3 is 0 Å². The molecule has 0 saturated heterocycles. The van der Waals surface area contributed by atoms with Crippen molar-refractivity contribution in [3.8, 4) is 0 Å². The van der Waals surface area contributed by atoms with Gasteiger partial charge in [-0.2, -0.15) is 0 Å². The Hall–Kier alpha value is -2.14. The maximum atomic E-state index is 12.1. The van der Waals surface area contributed by atoms with Crippen molar-refractivity contribution in [2.24, 2.45) is 5.16 Å². The van der Waals surface area contributed by atoms with E-state index in [2.05, 4.69) is 26.4 Å². The fourth-order valence-electron chi connectivity index (χ4n) is 2.29. The minimum atomic E-state index is -0.123. The number of nitrogens with zero attached hydrogens (tertiary/aromatic N) is 1. The number of oxime groups is 1. The molecule has 0 aromatic heterocycles. The number of nitrogens with one attached hydrogen (secondary N) is 1. The highest BCUT2D eigenvalue weighted by Crippen LogP contribution is 2.17. The van der Waals surface area contributed by atoms with Crippen LogP contribution in [0.15, 0.2) is 64.2 Å². The van der Waals surface area contributed by atoms with Crippen molar-refractivity contribution in [2.75, 3.05) is 6.54 Å². The summed E-state index contributed by atoms with van der Waals surface area (Å²) in [5, 5.41) is 7.00. The highest BCUT2D eigenvalue weighted by Gasteiger charge is 2.23. The van der Waals surface area contributed by atoms with Gasteiger partial charge in [0.2, 0.25) is 0 Å². The number of benzene rings is 2. The lowest BCUT2D eigenvalue weighted by atomic mass is 10.1. The normalized spacial score (nSPS) is 16.8. The Morgan fingerprint density at radius 3 is 2.68 bits per heavy atom. The minimum absolute atomic E-state index is 0.121. The topological polar surface area (TPSA) is 50.7 Å². The van der Waals surface area contributed by atoms with Crippen LogP contribution < -0.4 is 5.32 Å². The predicted molar refractivity (Wildman–Crippen MR) is 88.9 cm³/mol. The van der Waals surface area contributed by atoms with Crippen LogP contribution >= 0.6 is 15.9 Å². The standard InChI is InChI=1S/C17H15BrN2O2/c18-15-9-5-4-8-14(15)17(21)19-11-13-10-16(20-22-13)12-6-2-1-3-7-12/h1-9,13H,10-11H2,(H,19,21). The second kappa shape index (κ2) is 6.75. The molecule has 1 N–H and O–H groups in total. The molecule has 0 spiro atoms. The van der Waals surface area contributed by atoms with E-state index in [1.54, 1.807) is 6.07 Å². The molecule has 1 atom stereocenters. The van der Waals surface area contributed by atoms with Crippen LogP contribution in [0.25, 0.3) is 0 Å². The Morgan fingerprint density at radius 1 is 1.18 bits per heavy atom. The Morgan fingerprint density at radius 2 is 1.91 bits per heavy atom. The van der Waals surface area contributed by atoms with E-state index in [9.17, 15) is 4.79 Å². The predicted octanol–water partition coefficient (Wildman–Crippen LogP) is 3.37. The van der Waals surface area contributed by atoms with E-state index in [-0.39, 0.29) is 12.0 Å². The third-order valence-electron chi connectivity index (χ3n) is 3.45. The first-order chi connectivity index (χ1) is 10.7. The summed E-state index contributed by atoms with van der Waals surface area (Å²) >= 11 is 3.38. The van der Waals surface area contributed by atoms with Gasteiger partial charge < -0.3 is 10.2 Å². The second-order valence-electron chi connectivity index (χ2n) is 5.03. The monoisotopic (exact) mass is 358 g/mol. The van der Waals surface area contributed by atoms with Crippen LogP contribution in [0, 0.1) is 0 Å². The van der Waals surface area contributed by atoms with E-state index in [0.717, 1.165) is 15.7 Å². The third kappa shape index (κ3) is 3.36. The van der Waals surface area contributed by atoms with Gasteiger partial charge in [0.1, 0.15) is 6.10 Å². The van der Waals surface area contributed by atoms with Crippen molar-refractivity contribution in [3.05, 3.63) is 70.2 Å². The third-order valence-corrected chi connectivity index (χ3v) is 4.14. The Bertz CT molecular complexity index is 701. The SMILES string of the molecule is O=C(NCC1CC(c2ccccc2)=NO1)c1ccccc1Br. The molecule has 0 radical (unpaired) electrons. The minimum Gasteiger partial charge on any atom is -0.390 e. The molecule has 0 aliphatic carbocycles. The molecular weight excluding hydrogens is 344 g/mol. The Kier molecular flexibility index (Phi) is 4.53. The summed E-state index contributed by atoms with van der Waals surface area (Å²) < 4.78 is 0.779. The first-order valence-corrected chi connectivity index (χ1v) is 7.84. The molecule has 0 bridgehead atoms. The van der Waals surface area contributed by atoms with Gasteiger partial charge in [-0.3, -0.25) is 4.79 Å². The number of carbonyl (C=O) groups excluding carboxylic acids is 1. The zero-order valence-corrected chi connectivity index (χ0v) is 13.4. The van der Waals surface area contributed by atoms with Crippen molar-refractivity contribution in [3.63, 3.8) is 0 Å². The highest BCUT2D eigenvalue weighted by atomic mass is 79.9. The molecule has 2 aromatic rings. The maximum Gasteiger partial charge on any atom is 0.252 e. The first-order valence-electron chi connectivity index (χ1n) is 7.05. The summed E-state index contributed by atoms with van der Waals surface area (Å²) in [4.78, 5) is 17.5. The van der Waals surface area contributed by atoms with Crippen LogP contribution in [0.3, 0.4) is 0 Å². The Balaban J connectivity index is 1.54. The molecule has 0 saturated carbocycles. The number of amides is 1. The average Bonchev–Trinajstić information content (AvgIpc) is 3.03. The molecule has 2 aromatic carbocycles. The van der Waals surface area contributed by atoms with Gasteiger partial charge in [0.25, 0.3) is 5.91 Å². The van der Waals surface area contributed by atoms with Crippen LogP contribution in [0.4, 0.5) is 0 Å². The molecule has 1 aliphatic heterocycles. The second-order valence-corrected chi connectivity index (χ2v) is 5.88. The van der Waals surface area contributed by atoms with Gasteiger partial charge in [-0.05, 0) is 33.6 Å². The van der Waals surface area contributed by atoms with Crippen LogP contribution in [-0.4, -0.2) is 24.3 Å². The van der Waals surface area contributed by atoms with E-state index in [4.69, 9.17) is 4.84 Å². The van der Waals surface area contributed by atoms with Gasteiger partial charge in [-0.15, -0.1) is 0 Å². The fraction of sp³-hybridized carbons (Fsp3) is 0.176. The van der Waals surface area contributed by atoms with Crippen molar-refractivity contribution in [2.45, 2.75) is 12.5 Å². The van der Waals surface area contributed by atoms with E-state index < -0.39 is 0 Å². The largest absolute Gasteiger partial charge is 0.390 e. The summed E-state index contributed by atoms with van der Waals surface area (Å²) in [5.74, 6) is -0.121. The van der Waals surface area contributed by atoms with Gasteiger partial charge in [0.15, 0.2) is 0 Å². The molecule has 1 aliphatic rings. The van der Waals surface area contributed by atoms with Gasteiger partial charge in [0.05, 0.1) is 17.8 Å². The molecule has 0 fully saturated rings. The smallest absolute Gasteiger partial charge is 0.252 e. The van der Waals surface area contributed by atoms with Crippen molar-refractivity contribution in [1.29, 1.82) is 0 Å². The van der Waals surface area contributed by atoms with Gasteiger partial charge in [-0.1, -0.05) is 47.6 Å². The first kappa shape index (κ1) is 14.8. The zero-order valence-electron chi connectivity index (χ0n) is 11.8. The molecule has 1 amide bonds. The molecule has 1 heterocycles. The Labute approximate surface area is 137 Å². The average molecular weight is 359 g/mol. The summed E-state index contributed by atoms with van der Waals surface area (Å²) in [6, 6.07) is 17.3. The summed E-state index contributed by atoms with van der Waals surface area (Å²) in [6.07, 6.45) is 0.571. The van der Waals surface area contributed by atoms with E-state index >= 15 is 0 Å². The molecule has 3 rings (SSSR count). The number of hydrogen-bond donors (Lipinski definition) is 1. The van der Waals surface area contributed by atoms with Crippen molar-refractivity contribution >= 4 is 27.5 Å². The molecule has 4 nitrogen and oxygen atoms in total. The molecule has 5 heteroatoms. The number of halogens is 1. The van der Waals surface area contributed by atoms with E-state index in [0.29, 0.717) is 18.5 Å². The summed E-state index contributed by atoms with van der Waals surface area (Å²) in [7, 11) is 0. The lowest BCUT2D eigenvalue weighted by Gasteiger charge is -2.10. The van der Waals surface area contributed by atoms with Crippen LogP contribution in [0.5, 0.6) is 0 Å². The lowest BCUT2D eigenvalue weighted by molar-refractivity contribution is 0.0753. The number of rotatable bonds is 4. The molecule has 22 heavy (non-hydrogen) atoms. The summed E-state index contributed by atoms with van der Waals surface area (Å²) in [5.41, 5.74) is 2.59. The number of hydrogen-bond acceptors (Lipinski definition) is 3. The number of carbonyl (C=O) groups is 1. The molecular formula is C17H15BrN2O2. The van der Waals surface area contributed by atoms with Gasteiger partial charge in [0, 0.05) is 10.9 Å². The van der Waals surface area contributed by atoms with E-state index in [1.807, 2.05) is 48.5 Å². The zero-order chi connectivity index (χ0) is 15.4. The molecule has 1 unspecified atom stereocenters. The van der Waals surface area contributed by atoms with E-state index in [1.165, 1.54) is 0 Å². The van der Waals surface area contributed by atoms with Crippen LogP contribution in [0.1, 0.15) is 22.3 Å².